The number of anilines is 1. The monoisotopic (exact) mass is 613 g/mol. The number of carbonyl (C=O) groups excluding carboxylic acids is 2. The molecule has 1 aliphatic heterocycles. The number of aromatic nitrogens is 4. The van der Waals surface area contributed by atoms with Crippen molar-refractivity contribution in [2.45, 2.75) is 57.7 Å². The molecule has 0 amide bonds. The van der Waals surface area contributed by atoms with Crippen molar-refractivity contribution in [3.05, 3.63) is 63.3 Å². The molecule has 0 aromatic carbocycles. The zero-order chi connectivity index (χ0) is 29.9. The summed E-state index contributed by atoms with van der Waals surface area (Å²) in [6, 6.07) is 2.44. The van der Waals surface area contributed by atoms with E-state index in [1.165, 1.54) is 19.4 Å². The Morgan fingerprint density at radius 2 is 1.83 bits per heavy atom. The number of halogens is 3. The minimum absolute atomic E-state index is 0.00390. The number of piperidine rings is 1. The Labute approximate surface area is 237 Å². The molecule has 0 radical (unpaired) electrons. The summed E-state index contributed by atoms with van der Waals surface area (Å²) in [5.41, 5.74) is -0.669. The fourth-order valence-corrected chi connectivity index (χ4v) is 5.90. The minimum atomic E-state index is -4.57. The smallest absolute Gasteiger partial charge is 0.356 e. The molecule has 16 heteroatoms. The van der Waals surface area contributed by atoms with E-state index in [2.05, 4.69) is 19.9 Å². The highest BCUT2D eigenvalue weighted by Crippen LogP contribution is 2.40. The van der Waals surface area contributed by atoms with Crippen molar-refractivity contribution < 1.29 is 41.6 Å². The second-order valence-electron chi connectivity index (χ2n) is 9.72. The Morgan fingerprint density at radius 3 is 2.49 bits per heavy atom. The summed E-state index contributed by atoms with van der Waals surface area (Å²) >= 11 is 1.08. The molecule has 2 N–H and O–H groups in total. The van der Waals surface area contributed by atoms with Crippen molar-refractivity contribution >= 4 is 36.5 Å². The summed E-state index contributed by atoms with van der Waals surface area (Å²) in [7, 11) is -4.57. The average Bonchev–Trinajstić information content (AvgIpc) is 3.40. The molecule has 0 spiro atoms. The third kappa shape index (κ3) is 8.23. The van der Waals surface area contributed by atoms with Crippen LogP contribution in [0.3, 0.4) is 0 Å². The molecule has 0 saturated carbocycles. The van der Waals surface area contributed by atoms with Gasteiger partial charge in [-0.05, 0) is 31.4 Å². The molecule has 3 aromatic heterocycles. The summed E-state index contributed by atoms with van der Waals surface area (Å²) in [6.07, 6.45) is -0.910. The third-order valence-electron chi connectivity index (χ3n) is 6.51. The maximum atomic E-state index is 13.2. The standard InChI is InChI=1S/C25H27F3N5O6PS/c1-14(24-30-12-22(41-24)21(35)9-16-8-18(25(26,27)28)15(2)11-29-16)7-20(34)19-10-23(32-13-31-19)33-5-3-17(4-6-33)39-40(36,37)38/h8,10-14,17H,3-7,9H2,1-2H3,(H2,36,37,38)/t14-/m0/s1. The molecule has 1 fully saturated rings. The summed E-state index contributed by atoms with van der Waals surface area (Å²) in [5.74, 6) is -0.548. The van der Waals surface area contributed by atoms with Crippen LogP contribution in [0.25, 0.3) is 0 Å². The first kappa shape index (κ1) is 30.8. The van der Waals surface area contributed by atoms with Gasteiger partial charge in [0.05, 0.1) is 28.0 Å². The number of phosphoric acid groups is 1. The quantitative estimate of drug-likeness (QED) is 0.245. The van der Waals surface area contributed by atoms with Gasteiger partial charge in [-0.3, -0.25) is 19.1 Å². The number of hydrogen-bond donors (Lipinski definition) is 2. The fraction of sp³-hybridized carbons (Fsp3) is 0.440. The predicted molar refractivity (Wildman–Crippen MR) is 142 cm³/mol. The van der Waals surface area contributed by atoms with E-state index in [0.717, 1.165) is 23.6 Å². The maximum absolute atomic E-state index is 13.2. The molecule has 11 nitrogen and oxygen atoms in total. The number of Topliss-reactive ketones (excluding diaryl/α,β-unsaturated/α-hetero) is 2. The van der Waals surface area contributed by atoms with Gasteiger partial charge in [0.15, 0.2) is 11.6 Å². The Balaban J connectivity index is 1.36. The van der Waals surface area contributed by atoms with Gasteiger partial charge in [0.1, 0.15) is 17.8 Å². The lowest BCUT2D eigenvalue weighted by Gasteiger charge is -2.32. The van der Waals surface area contributed by atoms with E-state index >= 15 is 0 Å². The van der Waals surface area contributed by atoms with E-state index in [-0.39, 0.29) is 46.4 Å². The molecule has 0 aliphatic carbocycles. The van der Waals surface area contributed by atoms with Crippen LogP contribution in [0.4, 0.5) is 19.0 Å². The van der Waals surface area contributed by atoms with Gasteiger partial charge < -0.3 is 14.7 Å². The average molecular weight is 614 g/mol. The van der Waals surface area contributed by atoms with Crippen molar-refractivity contribution in [1.82, 2.24) is 19.9 Å². The number of rotatable bonds is 10. The molecule has 1 aliphatic rings. The topological polar surface area (TPSA) is 156 Å². The predicted octanol–water partition coefficient (Wildman–Crippen LogP) is 4.54. The van der Waals surface area contributed by atoms with Crippen LogP contribution in [0.5, 0.6) is 0 Å². The number of phosphoric ester groups is 1. The first-order chi connectivity index (χ1) is 19.2. The van der Waals surface area contributed by atoms with Crippen molar-refractivity contribution in [3.8, 4) is 0 Å². The van der Waals surface area contributed by atoms with Crippen LogP contribution in [0, 0.1) is 6.92 Å². The van der Waals surface area contributed by atoms with Gasteiger partial charge in [0, 0.05) is 49.6 Å². The van der Waals surface area contributed by atoms with E-state index in [4.69, 9.17) is 14.3 Å². The normalized spacial score (nSPS) is 15.6. The fourth-order valence-electron chi connectivity index (χ4n) is 4.39. The zero-order valence-electron chi connectivity index (χ0n) is 22.0. The molecular weight excluding hydrogens is 586 g/mol. The molecule has 4 heterocycles. The van der Waals surface area contributed by atoms with Crippen LogP contribution in [-0.4, -0.2) is 60.5 Å². The van der Waals surface area contributed by atoms with Crippen LogP contribution in [-0.2, 0) is 21.7 Å². The van der Waals surface area contributed by atoms with E-state index in [0.29, 0.717) is 36.8 Å². The minimum Gasteiger partial charge on any atom is -0.356 e. The molecule has 3 aromatic rings. The molecule has 220 valence electrons. The van der Waals surface area contributed by atoms with Crippen LogP contribution < -0.4 is 4.90 Å². The van der Waals surface area contributed by atoms with Crippen LogP contribution in [0.2, 0.25) is 0 Å². The maximum Gasteiger partial charge on any atom is 0.469 e. The molecule has 4 rings (SSSR count). The summed E-state index contributed by atoms with van der Waals surface area (Å²) < 4.78 is 55.4. The SMILES string of the molecule is Cc1cnc(CC(=O)c2cnc([C@@H](C)CC(=O)c3cc(N4CCC(OP(=O)(O)O)CC4)ncn3)s2)cc1C(F)(F)F. The Morgan fingerprint density at radius 1 is 1.12 bits per heavy atom. The van der Waals surface area contributed by atoms with Crippen molar-refractivity contribution in [1.29, 1.82) is 0 Å². The van der Waals surface area contributed by atoms with E-state index in [9.17, 15) is 27.3 Å². The summed E-state index contributed by atoms with van der Waals surface area (Å²) in [6.45, 7) is 3.93. The Hall–Kier alpha value is -3.10. The van der Waals surface area contributed by atoms with Crippen LogP contribution >= 0.6 is 19.2 Å². The number of nitrogens with zero attached hydrogens (tertiary/aromatic N) is 5. The third-order valence-corrected chi connectivity index (χ3v) is 8.35. The zero-order valence-corrected chi connectivity index (χ0v) is 23.7. The first-order valence-corrected chi connectivity index (χ1v) is 14.9. The number of thiazole rings is 1. The number of pyridine rings is 1. The van der Waals surface area contributed by atoms with Gasteiger partial charge in [0.25, 0.3) is 0 Å². The molecule has 0 unspecified atom stereocenters. The van der Waals surface area contributed by atoms with Gasteiger partial charge >= 0.3 is 14.0 Å². The molecular formula is C25H27F3N5O6PS. The van der Waals surface area contributed by atoms with E-state index < -0.39 is 31.4 Å². The number of aryl methyl sites for hydroxylation is 1. The van der Waals surface area contributed by atoms with E-state index in [1.807, 2.05) is 4.90 Å². The largest absolute Gasteiger partial charge is 0.469 e. The Bertz CT molecular complexity index is 1470. The van der Waals surface area contributed by atoms with Crippen molar-refractivity contribution in [2.24, 2.45) is 0 Å². The highest BCUT2D eigenvalue weighted by molar-refractivity contribution is 7.46. The first-order valence-electron chi connectivity index (χ1n) is 12.6. The highest BCUT2D eigenvalue weighted by atomic mass is 32.1. The van der Waals surface area contributed by atoms with E-state index in [1.54, 1.807) is 13.0 Å². The lowest BCUT2D eigenvalue weighted by atomic mass is 10.0. The number of carbonyl (C=O) groups is 2. The lowest BCUT2D eigenvalue weighted by Crippen LogP contribution is -2.37. The summed E-state index contributed by atoms with van der Waals surface area (Å²) in [4.78, 5) is 62.4. The number of hydrogen-bond acceptors (Lipinski definition) is 10. The van der Waals surface area contributed by atoms with Crippen LogP contribution in [0.1, 0.15) is 74.1 Å². The lowest BCUT2D eigenvalue weighted by molar-refractivity contribution is -0.138. The van der Waals surface area contributed by atoms with Crippen molar-refractivity contribution in [2.75, 3.05) is 18.0 Å². The highest BCUT2D eigenvalue weighted by Gasteiger charge is 2.33. The second kappa shape index (κ2) is 12.4. The number of ketones is 2. The Kier molecular flexibility index (Phi) is 9.34. The summed E-state index contributed by atoms with van der Waals surface area (Å²) in [5, 5.41) is 0.524. The van der Waals surface area contributed by atoms with Crippen molar-refractivity contribution in [3.63, 3.8) is 0 Å². The van der Waals surface area contributed by atoms with Gasteiger partial charge in [-0.15, -0.1) is 11.3 Å². The molecule has 41 heavy (non-hydrogen) atoms. The van der Waals surface area contributed by atoms with Crippen LogP contribution in [0.15, 0.2) is 30.9 Å². The van der Waals surface area contributed by atoms with Gasteiger partial charge in [0.2, 0.25) is 0 Å². The second-order valence-corrected chi connectivity index (χ2v) is 12.0. The van der Waals surface area contributed by atoms with Gasteiger partial charge in [-0.25, -0.2) is 19.5 Å². The number of alkyl halides is 3. The van der Waals surface area contributed by atoms with Gasteiger partial charge in [-0.2, -0.15) is 13.2 Å². The molecule has 0 bridgehead atoms. The molecule has 1 saturated heterocycles. The van der Waals surface area contributed by atoms with Gasteiger partial charge in [-0.1, -0.05) is 6.92 Å². The molecule has 1 atom stereocenters.